The topological polar surface area (TPSA) is 82.5 Å². The highest BCUT2D eigenvalue weighted by Gasteiger charge is 2.20. The third-order valence-corrected chi connectivity index (χ3v) is 7.06. The zero-order chi connectivity index (χ0) is 21.2. The van der Waals surface area contributed by atoms with E-state index in [0.29, 0.717) is 32.7 Å². The molecule has 5 rings (SSSR count). The van der Waals surface area contributed by atoms with Crippen LogP contribution in [-0.4, -0.2) is 35.2 Å². The van der Waals surface area contributed by atoms with Gasteiger partial charge in [-0.2, -0.15) is 0 Å². The Balaban J connectivity index is 1.17. The zero-order valence-corrected chi connectivity index (χ0v) is 18.1. The summed E-state index contributed by atoms with van der Waals surface area (Å²) in [5, 5.41) is 3.70. The molecular formula is C23H25N3O4S. The first-order valence-electron chi connectivity index (χ1n) is 10.8. The number of ether oxygens (including phenoxy) is 2. The minimum Gasteiger partial charge on any atom is -0.486 e. The molecule has 3 heterocycles. The third kappa shape index (κ3) is 4.17. The van der Waals surface area contributed by atoms with Gasteiger partial charge in [0.25, 0.3) is 5.56 Å². The van der Waals surface area contributed by atoms with Crippen molar-refractivity contribution in [3.05, 3.63) is 50.9 Å². The fourth-order valence-corrected chi connectivity index (χ4v) is 5.46. The second-order valence-electron chi connectivity index (χ2n) is 7.96. The molecule has 1 N–H and O–H groups in total. The Morgan fingerprint density at radius 2 is 2.00 bits per heavy atom. The van der Waals surface area contributed by atoms with Gasteiger partial charge in [-0.25, -0.2) is 4.98 Å². The molecule has 2 aliphatic rings. The molecule has 0 saturated carbocycles. The lowest BCUT2D eigenvalue weighted by Gasteiger charge is -2.18. The Morgan fingerprint density at radius 1 is 1.16 bits per heavy atom. The van der Waals surface area contributed by atoms with E-state index in [1.54, 1.807) is 22.2 Å². The van der Waals surface area contributed by atoms with Crippen molar-refractivity contribution < 1.29 is 14.3 Å². The van der Waals surface area contributed by atoms with Crippen molar-refractivity contribution in [3.63, 3.8) is 0 Å². The van der Waals surface area contributed by atoms with Gasteiger partial charge in [-0.1, -0.05) is 6.07 Å². The van der Waals surface area contributed by atoms with Gasteiger partial charge in [0, 0.05) is 24.4 Å². The molecule has 1 aliphatic carbocycles. The van der Waals surface area contributed by atoms with Crippen molar-refractivity contribution in [2.24, 2.45) is 0 Å². The number of thiophene rings is 1. The molecule has 2 aromatic heterocycles. The molecule has 0 unspecified atom stereocenters. The molecule has 3 aromatic rings. The maximum atomic E-state index is 13.0. The van der Waals surface area contributed by atoms with E-state index in [0.717, 1.165) is 46.5 Å². The van der Waals surface area contributed by atoms with E-state index in [2.05, 4.69) is 10.3 Å². The number of aryl methyl sites for hydroxylation is 3. The summed E-state index contributed by atoms with van der Waals surface area (Å²) in [5.41, 5.74) is 2.24. The van der Waals surface area contributed by atoms with E-state index in [1.807, 2.05) is 18.2 Å². The average molecular weight is 440 g/mol. The SMILES string of the molecule is O=C(CCn1cnc2sc3c(c2c1=O)CCCC3)NCCc1ccc2c(c1)OCCO2. The van der Waals surface area contributed by atoms with Gasteiger partial charge in [-0.05, 0) is 55.4 Å². The van der Waals surface area contributed by atoms with Gasteiger partial charge in [-0.15, -0.1) is 11.3 Å². The Morgan fingerprint density at radius 3 is 2.90 bits per heavy atom. The predicted molar refractivity (Wildman–Crippen MR) is 119 cm³/mol. The lowest BCUT2D eigenvalue weighted by molar-refractivity contribution is -0.121. The molecule has 1 aliphatic heterocycles. The standard InChI is InChI=1S/C23H25N3O4S/c27-20(24-9-7-15-5-6-17-18(13-15)30-12-11-29-17)8-10-26-14-25-22-21(23(26)28)16-3-1-2-4-19(16)31-22/h5-6,13-14H,1-4,7-12H2,(H,24,27). The molecule has 0 radical (unpaired) electrons. The number of aromatic nitrogens is 2. The van der Waals surface area contributed by atoms with Gasteiger partial charge < -0.3 is 14.8 Å². The molecule has 0 saturated heterocycles. The molecule has 162 valence electrons. The Labute approximate surface area is 184 Å². The first-order chi connectivity index (χ1) is 15.2. The van der Waals surface area contributed by atoms with E-state index in [1.165, 1.54) is 16.9 Å². The van der Waals surface area contributed by atoms with Gasteiger partial charge in [0.05, 0.1) is 11.7 Å². The molecule has 0 bridgehead atoms. The van der Waals surface area contributed by atoms with Gasteiger partial charge in [-0.3, -0.25) is 14.2 Å². The van der Waals surface area contributed by atoms with Gasteiger partial charge >= 0.3 is 0 Å². The summed E-state index contributed by atoms with van der Waals surface area (Å²) in [6.45, 7) is 2.00. The van der Waals surface area contributed by atoms with Gasteiger partial charge in [0.2, 0.25) is 5.91 Å². The highest BCUT2D eigenvalue weighted by molar-refractivity contribution is 7.18. The average Bonchev–Trinajstić information content (AvgIpc) is 3.18. The monoisotopic (exact) mass is 439 g/mol. The van der Waals surface area contributed by atoms with Crippen LogP contribution in [0.3, 0.4) is 0 Å². The van der Waals surface area contributed by atoms with Crippen LogP contribution < -0.4 is 20.3 Å². The van der Waals surface area contributed by atoms with E-state index < -0.39 is 0 Å². The highest BCUT2D eigenvalue weighted by atomic mass is 32.1. The fourth-order valence-electron chi connectivity index (χ4n) is 4.24. The van der Waals surface area contributed by atoms with Crippen LogP contribution in [0, 0.1) is 0 Å². The molecule has 1 aromatic carbocycles. The molecule has 0 spiro atoms. The molecule has 8 heteroatoms. The van der Waals surface area contributed by atoms with Crippen LogP contribution in [0.5, 0.6) is 11.5 Å². The number of carbonyl (C=O) groups is 1. The van der Waals surface area contributed by atoms with Crippen molar-refractivity contribution >= 4 is 27.5 Å². The quantitative estimate of drug-likeness (QED) is 0.639. The number of rotatable bonds is 6. The minimum absolute atomic E-state index is 0.0199. The Hall–Kier alpha value is -2.87. The van der Waals surface area contributed by atoms with E-state index in [9.17, 15) is 9.59 Å². The summed E-state index contributed by atoms with van der Waals surface area (Å²) in [6, 6.07) is 5.86. The zero-order valence-electron chi connectivity index (χ0n) is 17.3. The van der Waals surface area contributed by atoms with Gasteiger partial charge in [0.15, 0.2) is 11.5 Å². The van der Waals surface area contributed by atoms with E-state index >= 15 is 0 Å². The van der Waals surface area contributed by atoms with Crippen molar-refractivity contribution in [2.45, 2.75) is 45.1 Å². The smallest absolute Gasteiger partial charge is 0.262 e. The number of nitrogens with one attached hydrogen (secondary N) is 1. The van der Waals surface area contributed by atoms with Crippen LogP contribution in [0.25, 0.3) is 10.2 Å². The van der Waals surface area contributed by atoms with E-state index in [4.69, 9.17) is 9.47 Å². The van der Waals surface area contributed by atoms with Gasteiger partial charge in [0.1, 0.15) is 18.0 Å². The van der Waals surface area contributed by atoms with Crippen molar-refractivity contribution in [2.75, 3.05) is 19.8 Å². The lowest BCUT2D eigenvalue weighted by Crippen LogP contribution is -2.29. The fraction of sp³-hybridized carbons (Fsp3) is 0.435. The van der Waals surface area contributed by atoms with Crippen molar-refractivity contribution in [1.29, 1.82) is 0 Å². The summed E-state index contributed by atoms with van der Waals surface area (Å²) < 4.78 is 12.7. The summed E-state index contributed by atoms with van der Waals surface area (Å²) in [5.74, 6) is 1.45. The number of carbonyl (C=O) groups excluding carboxylic acids is 1. The van der Waals surface area contributed by atoms with Crippen LogP contribution in [0.2, 0.25) is 0 Å². The van der Waals surface area contributed by atoms with Crippen LogP contribution in [0.15, 0.2) is 29.3 Å². The maximum absolute atomic E-state index is 13.0. The second kappa shape index (κ2) is 8.70. The number of benzene rings is 1. The minimum atomic E-state index is -0.0723. The molecule has 1 amide bonds. The number of hydrogen-bond donors (Lipinski definition) is 1. The maximum Gasteiger partial charge on any atom is 0.262 e. The van der Waals surface area contributed by atoms with Crippen LogP contribution in [0.4, 0.5) is 0 Å². The summed E-state index contributed by atoms with van der Waals surface area (Å²) in [7, 11) is 0. The number of fused-ring (bicyclic) bond motifs is 4. The predicted octanol–water partition coefficient (Wildman–Crippen LogP) is 2.86. The Kier molecular flexibility index (Phi) is 5.63. The van der Waals surface area contributed by atoms with Crippen LogP contribution in [0.1, 0.15) is 35.3 Å². The number of amides is 1. The number of hydrogen-bond acceptors (Lipinski definition) is 6. The first-order valence-corrected chi connectivity index (χ1v) is 11.7. The molecule has 7 nitrogen and oxygen atoms in total. The van der Waals surface area contributed by atoms with E-state index in [-0.39, 0.29) is 17.9 Å². The third-order valence-electron chi connectivity index (χ3n) is 5.86. The largest absolute Gasteiger partial charge is 0.486 e. The lowest BCUT2D eigenvalue weighted by atomic mass is 9.97. The summed E-state index contributed by atoms with van der Waals surface area (Å²) >= 11 is 1.64. The number of nitrogens with zero attached hydrogens (tertiary/aromatic N) is 2. The van der Waals surface area contributed by atoms with Crippen molar-refractivity contribution in [3.8, 4) is 11.5 Å². The molecule has 0 atom stereocenters. The molecular weight excluding hydrogens is 414 g/mol. The normalized spacial score (nSPS) is 15.0. The highest BCUT2D eigenvalue weighted by Crippen LogP contribution is 2.33. The summed E-state index contributed by atoms with van der Waals surface area (Å²) in [4.78, 5) is 31.9. The first kappa shape index (κ1) is 20.1. The second-order valence-corrected chi connectivity index (χ2v) is 9.05. The van der Waals surface area contributed by atoms with Crippen molar-refractivity contribution in [1.82, 2.24) is 14.9 Å². The summed E-state index contributed by atoms with van der Waals surface area (Å²) in [6.07, 6.45) is 6.84. The molecule has 0 fully saturated rings. The molecule has 31 heavy (non-hydrogen) atoms. The van der Waals surface area contributed by atoms with Crippen LogP contribution >= 0.6 is 11.3 Å². The Bertz CT molecular complexity index is 1180. The van der Waals surface area contributed by atoms with Crippen LogP contribution in [-0.2, 0) is 30.6 Å².